The average molecular weight is 1220 g/mol. The van der Waals surface area contributed by atoms with Gasteiger partial charge in [-0.15, -0.1) is 11.6 Å². The van der Waals surface area contributed by atoms with Crippen molar-refractivity contribution < 1.29 is 77.7 Å². The van der Waals surface area contributed by atoms with Gasteiger partial charge in [-0.1, -0.05) is 24.3 Å². The molecule has 5 aliphatic heterocycles. The number of hydrogen-bond donors (Lipinski definition) is 3. The van der Waals surface area contributed by atoms with Gasteiger partial charge in [0.2, 0.25) is 49.0 Å². The molecule has 77 heavy (non-hydrogen) atoms. The Kier molecular flexibility index (Phi) is 23.8. The van der Waals surface area contributed by atoms with Crippen LogP contribution in [0.2, 0.25) is 0 Å². The number of nitrogens with one attached hydrogen (secondary N) is 1. The number of ether oxygens (including phenoxy) is 7. The van der Waals surface area contributed by atoms with Crippen LogP contribution in [0.5, 0.6) is 40.2 Å². The van der Waals surface area contributed by atoms with Crippen molar-refractivity contribution in [2.75, 3.05) is 42.1 Å². The summed E-state index contributed by atoms with van der Waals surface area (Å²) in [6.07, 6.45) is 4.73. The molecular formula is C53H57BBr2ClFN4O15. The van der Waals surface area contributed by atoms with E-state index in [-0.39, 0.29) is 62.1 Å². The molecule has 1 aromatic heterocycles. The van der Waals surface area contributed by atoms with Crippen LogP contribution >= 0.6 is 43.5 Å². The predicted octanol–water partition coefficient (Wildman–Crippen LogP) is 7.71. The molecule has 6 amide bonds. The lowest BCUT2D eigenvalue weighted by molar-refractivity contribution is -0.150. The number of rotatable bonds is 10. The quantitative estimate of drug-likeness (QED) is 0.0525. The van der Waals surface area contributed by atoms with Crippen molar-refractivity contribution in [3.8, 4) is 51.4 Å². The number of alkyl halides is 2. The Morgan fingerprint density at radius 3 is 1.64 bits per heavy atom. The van der Waals surface area contributed by atoms with E-state index in [0.717, 1.165) is 32.5 Å². The minimum atomic E-state index is -1.46. The Bertz CT molecular complexity index is 2860. The van der Waals surface area contributed by atoms with Gasteiger partial charge in [0, 0.05) is 50.0 Å². The molecule has 24 heteroatoms. The molecule has 410 valence electrons. The second-order valence-electron chi connectivity index (χ2n) is 16.8. The highest BCUT2D eigenvalue weighted by Crippen LogP contribution is 2.39. The van der Waals surface area contributed by atoms with Gasteiger partial charge in [0.15, 0.2) is 28.7 Å². The van der Waals surface area contributed by atoms with Gasteiger partial charge in [0.05, 0.1) is 53.1 Å². The summed E-state index contributed by atoms with van der Waals surface area (Å²) in [5.74, 6) is 4.55. The molecule has 0 radical (unpaired) electrons. The largest absolute Gasteiger partial charge is 0.496 e. The van der Waals surface area contributed by atoms with Crippen LogP contribution in [-0.2, 0) is 47.7 Å². The molecule has 0 saturated carbocycles. The van der Waals surface area contributed by atoms with Crippen LogP contribution in [0, 0.1) is 0 Å². The fraction of sp³-hybridized carbons (Fsp3) is 0.340. The second-order valence-corrected chi connectivity index (χ2v) is 18.6. The van der Waals surface area contributed by atoms with Crippen molar-refractivity contribution in [3.05, 3.63) is 111 Å². The van der Waals surface area contributed by atoms with Gasteiger partial charge in [0.1, 0.15) is 16.1 Å². The molecule has 3 fully saturated rings. The Balaban J connectivity index is 0.000000188. The van der Waals surface area contributed by atoms with E-state index in [4.69, 9.17) is 56.2 Å². The summed E-state index contributed by atoms with van der Waals surface area (Å²) in [4.78, 5) is 75.0. The smallest absolute Gasteiger partial charge is 0.488 e. The van der Waals surface area contributed by atoms with E-state index in [2.05, 4.69) is 42.2 Å². The zero-order chi connectivity index (χ0) is 56.7. The number of piperidine rings is 3. The molecule has 6 heterocycles. The molecule has 0 spiro atoms. The normalized spacial score (nSPS) is 15.0. The van der Waals surface area contributed by atoms with Crippen LogP contribution in [0.1, 0.15) is 76.0 Å². The van der Waals surface area contributed by atoms with Crippen LogP contribution in [0.25, 0.3) is 11.1 Å². The summed E-state index contributed by atoms with van der Waals surface area (Å²) < 4.78 is 53.5. The minimum Gasteiger partial charge on any atom is -0.496 e. The maximum Gasteiger partial charge on any atom is 0.488 e. The van der Waals surface area contributed by atoms with Crippen molar-refractivity contribution in [1.29, 1.82) is 0 Å². The third-order valence-electron chi connectivity index (χ3n) is 11.6. The third-order valence-corrected chi connectivity index (χ3v) is 13.1. The molecule has 19 nitrogen and oxygen atoms in total. The first-order valence-corrected chi connectivity index (χ1v) is 25.9. The molecule has 3 saturated heterocycles. The lowest BCUT2D eigenvalue weighted by atomic mass is 9.80. The van der Waals surface area contributed by atoms with Crippen molar-refractivity contribution in [3.63, 3.8) is 0 Å². The summed E-state index contributed by atoms with van der Waals surface area (Å²) in [7, 11) is 2.35. The molecule has 5 aromatic rings. The van der Waals surface area contributed by atoms with E-state index < -0.39 is 14.3 Å². The van der Waals surface area contributed by atoms with E-state index in [0.29, 0.717) is 114 Å². The first-order chi connectivity index (χ1) is 37.5. The van der Waals surface area contributed by atoms with Gasteiger partial charge < -0.3 is 43.2 Å². The fourth-order valence-electron chi connectivity index (χ4n) is 7.70. The van der Waals surface area contributed by atoms with Crippen molar-refractivity contribution in [2.45, 2.75) is 76.8 Å². The van der Waals surface area contributed by atoms with Crippen LogP contribution in [0.3, 0.4) is 0 Å². The van der Waals surface area contributed by atoms with Crippen LogP contribution in [0.4, 0.5) is 4.39 Å². The summed E-state index contributed by atoms with van der Waals surface area (Å²) in [5, 5.41) is 19.8. The Labute approximate surface area is 468 Å². The third kappa shape index (κ3) is 17.9. The highest BCUT2D eigenvalue weighted by atomic mass is 79.9. The van der Waals surface area contributed by atoms with Crippen LogP contribution < -0.4 is 43.9 Å². The molecule has 4 aromatic carbocycles. The van der Waals surface area contributed by atoms with E-state index in [1.165, 1.54) is 9.80 Å². The van der Waals surface area contributed by atoms with E-state index in [1.807, 2.05) is 54.6 Å². The van der Waals surface area contributed by atoms with Crippen LogP contribution in [-0.4, -0.2) is 109 Å². The zero-order valence-electron chi connectivity index (χ0n) is 43.3. The maximum absolute atomic E-state index is 12.1. The molecule has 3 N–H and O–H groups in total. The molecule has 10 rings (SSSR count). The number of fused-ring (bicyclic) bond motifs is 2. The lowest BCUT2D eigenvalue weighted by Crippen LogP contribution is -2.39. The van der Waals surface area contributed by atoms with E-state index in [9.17, 15) is 33.2 Å². The van der Waals surface area contributed by atoms with Gasteiger partial charge in [-0.05, 0) is 134 Å². The first-order valence-electron chi connectivity index (χ1n) is 24.5. The van der Waals surface area contributed by atoms with Crippen molar-refractivity contribution in [1.82, 2.24) is 20.1 Å². The van der Waals surface area contributed by atoms with Crippen LogP contribution in [0.15, 0.2) is 94.0 Å². The number of likely N-dealkylation sites (tertiary alicyclic amines) is 2. The number of carbonyl (C=O) groups is 6. The topological polar surface area (TPSA) is 239 Å². The Morgan fingerprint density at radius 1 is 0.636 bits per heavy atom. The highest BCUT2D eigenvalue weighted by molar-refractivity contribution is 9.10. The van der Waals surface area contributed by atoms with Gasteiger partial charge in [-0.2, -0.15) is 0 Å². The number of carbonyl (C=O) groups excluding carboxylic acids is 6. The number of amides is 6. The number of aromatic nitrogens is 1. The molecule has 0 bridgehead atoms. The lowest BCUT2D eigenvalue weighted by Gasteiger charge is -2.25. The number of halogens is 4. The number of methoxy groups -OCH3 is 3. The van der Waals surface area contributed by atoms with E-state index in [1.54, 1.807) is 51.7 Å². The van der Waals surface area contributed by atoms with Gasteiger partial charge in [-0.25, -0.2) is 4.98 Å². The Morgan fingerprint density at radius 2 is 1.13 bits per heavy atom. The van der Waals surface area contributed by atoms with Gasteiger partial charge in [0.25, 0.3) is 0 Å². The number of pyridine rings is 1. The van der Waals surface area contributed by atoms with Crippen molar-refractivity contribution >= 4 is 91.5 Å². The fourth-order valence-corrected chi connectivity index (χ4v) is 8.97. The Hall–Kier alpha value is -6.79. The number of nitrogens with zero attached hydrogens (tertiary/aromatic N) is 3. The number of benzene rings is 4. The minimum absolute atomic E-state index is 0.110. The monoisotopic (exact) mass is 1210 g/mol. The highest BCUT2D eigenvalue weighted by Gasteiger charge is 2.28. The SMILES string of the molecule is COc1ccc(CCl)cc1Br.COc1ccc(CN2C(=O)CCCC2=O)cc1-c1ccc2c(c1)OCO2.COc1ccc(CN2C(=O)CCCC2=O)nc1Br.O=C1CCCC(=O)N1.OB(O)c1ccc2c(c1)OCO2.[2H]CF. The standard InChI is InChI=1S/C20H19NO5.C12H13BrN2O3.C8H8BrClO.C7H7BO4.C5H7NO2.CH3F/c1-24-16-7-5-13(11-21-19(22)3-2-4-20(21)23)9-15(16)14-6-8-17-18(10-14)26-12-25-17;1-18-9-6-5-8(14-12(9)13)7-15-10(16)3-2-4-11(15)17;1-11-8-3-2-6(5-10)4-7(8)9;9-8(10)5-1-2-6-7(3-5)12-4-11-6;7-4-2-1-3-5(8)6-4;1-2/h5-10H,2-4,11-12H2,1H3;5-6H,2-4,7H2,1H3;2-4H,5H2,1H3;1-3,9-10H,4H2;1-3H2,(H,6,7,8);1H3/i;;;;;1D. The summed E-state index contributed by atoms with van der Waals surface area (Å²) >= 11 is 12.3. The molecular weight excluding hydrogens is 1160 g/mol. The molecule has 0 atom stereocenters. The molecule has 0 aliphatic carbocycles. The molecule has 5 aliphatic rings. The predicted molar refractivity (Wildman–Crippen MR) is 289 cm³/mol. The summed E-state index contributed by atoms with van der Waals surface area (Å²) in [6.45, 7) is 0.912. The summed E-state index contributed by atoms with van der Waals surface area (Å²) in [5.41, 5.74) is 4.82. The number of hydrogen-bond acceptors (Lipinski definition) is 16. The number of imide groups is 3. The zero-order valence-corrected chi connectivity index (χ0v) is 46.2. The van der Waals surface area contributed by atoms with E-state index >= 15 is 0 Å². The molecule has 0 unspecified atom stereocenters. The van der Waals surface area contributed by atoms with Crippen molar-refractivity contribution in [2.24, 2.45) is 0 Å². The average Bonchev–Trinajstić information content (AvgIpc) is 4.14. The van der Waals surface area contributed by atoms with Gasteiger partial charge in [-0.3, -0.25) is 48.3 Å². The first kappa shape index (κ1) is 59.5. The maximum atomic E-state index is 12.1. The second kappa shape index (κ2) is 30.8. The van der Waals surface area contributed by atoms with Gasteiger partial charge >= 0.3 is 7.12 Å². The summed E-state index contributed by atoms with van der Waals surface area (Å²) in [6, 6.07) is 25.5.